The summed E-state index contributed by atoms with van der Waals surface area (Å²) in [5, 5.41) is 13.4. The van der Waals surface area contributed by atoms with Gasteiger partial charge in [-0.3, -0.25) is 20.2 Å². The Balaban J connectivity index is 1.68. The van der Waals surface area contributed by atoms with Crippen LogP contribution < -0.4 is 10.1 Å². The highest BCUT2D eigenvalue weighted by Gasteiger charge is 2.16. The Morgan fingerprint density at radius 2 is 2.00 bits per heavy atom. The molecule has 0 saturated heterocycles. The number of anilines is 1. The van der Waals surface area contributed by atoms with Crippen molar-refractivity contribution in [3.8, 4) is 5.75 Å². The minimum atomic E-state index is -1.03. The summed E-state index contributed by atoms with van der Waals surface area (Å²) in [4.78, 5) is 26.1. The number of ether oxygens (including phenoxy) is 1. The van der Waals surface area contributed by atoms with Crippen LogP contribution in [-0.4, -0.2) is 22.4 Å². The number of halogens is 2. The third kappa shape index (κ3) is 3.69. The van der Waals surface area contributed by atoms with E-state index < -0.39 is 29.1 Å². The first-order valence-corrected chi connectivity index (χ1v) is 7.67. The highest BCUT2D eigenvalue weighted by Crippen LogP contribution is 2.28. The zero-order valence-electron chi connectivity index (χ0n) is 12.4. The molecule has 0 aliphatic rings. The van der Waals surface area contributed by atoms with Crippen LogP contribution in [0.5, 0.6) is 5.75 Å². The molecule has 0 spiro atoms. The molecule has 1 amide bonds. The molecule has 1 heterocycles. The van der Waals surface area contributed by atoms with Gasteiger partial charge in [0.15, 0.2) is 29.1 Å². The van der Waals surface area contributed by atoms with Gasteiger partial charge in [-0.2, -0.15) is 0 Å². The molecule has 0 fully saturated rings. The molecule has 0 radical (unpaired) electrons. The predicted octanol–water partition coefficient (Wildman–Crippen LogP) is 3.50. The first-order chi connectivity index (χ1) is 11.9. The van der Waals surface area contributed by atoms with Gasteiger partial charge in [0.1, 0.15) is 0 Å². The third-order valence-corrected chi connectivity index (χ3v) is 4.03. The Morgan fingerprint density at radius 1 is 1.28 bits per heavy atom. The molecule has 0 bridgehead atoms. The van der Waals surface area contributed by atoms with E-state index in [9.17, 15) is 23.7 Å². The maximum absolute atomic E-state index is 13.2. The molecular weight excluding hydrogens is 356 g/mol. The standard InChI is InChI=1S/C15H9F2N3O4S/c16-8-5-10-13(6-9(8)17)25-15(18-10)19-14(21)7-24-12-4-2-1-3-11(12)20(22)23/h1-6H,7H2,(H,18,19,21). The van der Waals surface area contributed by atoms with E-state index in [1.54, 1.807) is 0 Å². The van der Waals surface area contributed by atoms with Crippen LogP contribution in [0.25, 0.3) is 10.2 Å². The second-order valence-electron chi connectivity index (χ2n) is 4.81. The van der Waals surface area contributed by atoms with Crippen molar-refractivity contribution in [2.45, 2.75) is 0 Å². The van der Waals surface area contributed by atoms with Crippen LogP contribution in [0.3, 0.4) is 0 Å². The van der Waals surface area contributed by atoms with Crippen LogP contribution in [0.4, 0.5) is 19.6 Å². The van der Waals surface area contributed by atoms with E-state index in [1.807, 2.05) is 0 Å². The predicted molar refractivity (Wildman–Crippen MR) is 86.8 cm³/mol. The van der Waals surface area contributed by atoms with Crippen molar-refractivity contribution in [3.63, 3.8) is 0 Å². The number of carbonyl (C=O) groups excluding carboxylic acids is 1. The Morgan fingerprint density at radius 3 is 2.76 bits per heavy atom. The van der Waals surface area contributed by atoms with Crippen molar-refractivity contribution in [2.24, 2.45) is 0 Å². The number of fused-ring (bicyclic) bond motifs is 1. The molecule has 0 atom stereocenters. The minimum Gasteiger partial charge on any atom is -0.477 e. The van der Waals surface area contributed by atoms with E-state index in [1.165, 1.54) is 24.3 Å². The number of aromatic nitrogens is 1. The maximum atomic E-state index is 13.2. The number of hydrogen-bond donors (Lipinski definition) is 1. The molecule has 1 N–H and O–H groups in total. The number of hydrogen-bond acceptors (Lipinski definition) is 6. The number of nitro groups is 1. The fraction of sp³-hybridized carbons (Fsp3) is 0.0667. The number of benzene rings is 2. The summed E-state index contributed by atoms with van der Waals surface area (Å²) >= 11 is 0.965. The van der Waals surface area contributed by atoms with Gasteiger partial charge in [0.2, 0.25) is 0 Å². The molecule has 0 saturated carbocycles. The smallest absolute Gasteiger partial charge is 0.310 e. The Kier molecular flexibility index (Phi) is 4.52. The van der Waals surface area contributed by atoms with Gasteiger partial charge in [-0.1, -0.05) is 23.5 Å². The summed E-state index contributed by atoms with van der Waals surface area (Å²) in [6, 6.07) is 7.56. The van der Waals surface area contributed by atoms with E-state index in [4.69, 9.17) is 4.74 Å². The van der Waals surface area contributed by atoms with Crippen LogP contribution in [0.2, 0.25) is 0 Å². The van der Waals surface area contributed by atoms with Gasteiger partial charge in [0.05, 0.1) is 15.1 Å². The summed E-state index contributed by atoms with van der Waals surface area (Å²) in [6.07, 6.45) is 0. The van der Waals surface area contributed by atoms with E-state index in [2.05, 4.69) is 10.3 Å². The minimum absolute atomic E-state index is 0.0453. The lowest BCUT2D eigenvalue weighted by Crippen LogP contribution is -2.20. The second kappa shape index (κ2) is 6.77. The fourth-order valence-electron chi connectivity index (χ4n) is 2.01. The quantitative estimate of drug-likeness (QED) is 0.552. The molecule has 0 aliphatic heterocycles. The van der Waals surface area contributed by atoms with Gasteiger partial charge in [-0.25, -0.2) is 13.8 Å². The third-order valence-electron chi connectivity index (χ3n) is 3.10. The maximum Gasteiger partial charge on any atom is 0.310 e. The molecule has 3 aromatic rings. The largest absolute Gasteiger partial charge is 0.477 e. The van der Waals surface area contributed by atoms with Gasteiger partial charge in [0, 0.05) is 12.1 Å². The van der Waals surface area contributed by atoms with Crippen molar-refractivity contribution >= 4 is 38.3 Å². The molecule has 0 aliphatic carbocycles. The van der Waals surface area contributed by atoms with Crippen LogP contribution >= 0.6 is 11.3 Å². The first-order valence-electron chi connectivity index (χ1n) is 6.85. The SMILES string of the molecule is O=C(COc1ccccc1[N+](=O)[O-])Nc1nc2cc(F)c(F)cc2s1. The lowest BCUT2D eigenvalue weighted by molar-refractivity contribution is -0.385. The Bertz CT molecular complexity index is 938. The summed E-state index contributed by atoms with van der Waals surface area (Å²) in [7, 11) is 0. The van der Waals surface area contributed by atoms with Crippen LogP contribution in [0.1, 0.15) is 0 Å². The number of carbonyl (C=O) groups is 1. The van der Waals surface area contributed by atoms with E-state index in [0.717, 1.165) is 23.5 Å². The van der Waals surface area contributed by atoms with Crippen molar-refractivity contribution in [1.82, 2.24) is 4.98 Å². The monoisotopic (exact) mass is 365 g/mol. The van der Waals surface area contributed by atoms with Crippen molar-refractivity contribution in [3.05, 3.63) is 58.1 Å². The average Bonchev–Trinajstić information content (AvgIpc) is 2.94. The highest BCUT2D eigenvalue weighted by molar-refractivity contribution is 7.22. The molecule has 7 nitrogen and oxygen atoms in total. The van der Waals surface area contributed by atoms with Crippen LogP contribution in [0, 0.1) is 21.7 Å². The van der Waals surface area contributed by atoms with Crippen molar-refractivity contribution in [1.29, 1.82) is 0 Å². The highest BCUT2D eigenvalue weighted by atomic mass is 32.1. The lowest BCUT2D eigenvalue weighted by Gasteiger charge is -2.05. The molecular formula is C15H9F2N3O4S. The van der Waals surface area contributed by atoms with Crippen LogP contribution in [-0.2, 0) is 4.79 Å². The second-order valence-corrected chi connectivity index (χ2v) is 5.85. The molecule has 3 rings (SSSR count). The number of nitrogens with one attached hydrogen (secondary N) is 1. The molecule has 25 heavy (non-hydrogen) atoms. The Labute approximate surface area is 143 Å². The average molecular weight is 365 g/mol. The summed E-state index contributed by atoms with van der Waals surface area (Å²) in [5.41, 5.74) is -0.0555. The summed E-state index contributed by atoms with van der Waals surface area (Å²) < 4.78 is 31.8. The number of nitrogens with zero attached hydrogens (tertiary/aromatic N) is 2. The topological polar surface area (TPSA) is 94.4 Å². The van der Waals surface area contributed by atoms with Gasteiger partial charge >= 0.3 is 5.69 Å². The lowest BCUT2D eigenvalue weighted by atomic mass is 10.3. The summed E-state index contributed by atoms with van der Waals surface area (Å²) in [6.45, 7) is -0.483. The molecule has 10 heteroatoms. The fourth-order valence-corrected chi connectivity index (χ4v) is 2.89. The normalized spacial score (nSPS) is 10.6. The van der Waals surface area contributed by atoms with Crippen LogP contribution in [0.15, 0.2) is 36.4 Å². The van der Waals surface area contributed by atoms with Crippen molar-refractivity contribution in [2.75, 3.05) is 11.9 Å². The molecule has 1 aromatic heterocycles. The first kappa shape index (κ1) is 16.7. The number of amides is 1. The molecule has 0 unspecified atom stereocenters. The Hall–Kier alpha value is -3.14. The zero-order chi connectivity index (χ0) is 18.0. The van der Waals surface area contributed by atoms with Crippen molar-refractivity contribution < 1.29 is 23.2 Å². The van der Waals surface area contributed by atoms with E-state index in [-0.39, 0.29) is 22.1 Å². The van der Waals surface area contributed by atoms with E-state index >= 15 is 0 Å². The molecule has 2 aromatic carbocycles. The van der Waals surface area contributed by atoms with Gasteiger partial charge in [0.25, 0.3) is 5.91 Å². The number of rotatable bonds is 5. The van der Waals surface area contributed by atoms with Gasteiger partial charge in [-0.05, 0) is 12.1 Å². The number of para-hydroxylation sites is 2. The summed E-state index contributed by atoms with van der Waals surface area (Å²) in [5.74, 6) is -2.70. The van der Waals surface area contributed by atoms with Gasteiger partial charge < -0.3 is 4.74 Å². The number of thiazole rings is 1. The molecule has 128 valence electrons. The van der Waals surface area contributed by atoms with E-state index in [0.29, 0.717) is 4.70 Å². The van der Waals surface area contributed by atoms with Gasteiger partial charge in [-0.15, -0.1) is 0 Å². The number of nitro benzene ring substituents is 1. The zero-order valence-corrected chi connectivity index (χ0v) is 13.2.